The van der Waals surface area contributed by atoms with Crippen LogP contribution in [-0.2, 0) is 17.9 Å². The first kappa shape index (κ1) is 19.1. The number of likely N-dealkylation sites (tertiary alicyclic amines) is 2. The molecule has 2 fully saturated rings. The molecule has 0 N–H and O–H groups in total. The molecule has 5 rings (SSSR count). The molecule has 2 aliphatic heterocycles. The van der Waals surface area contributed by atoms with Crippen LogP contribution in [0.2, 0.25) is 0 Å². The Hall–Kier alpha value is -2.93. The van der Waals surface area contributed by atoms with Crippen molar-refractivity contribution in [2.75, 3.05) is 6.54 Å². The highest BCUT2D eigenvalue weighted by molar-refractivity contribution is 5.80. The van der Waals surface area contributed by atoms with Gasteiger partial charge in [0.05, 0.1) is 11.9 Å². The molecule has 4 heterocycles. The zero-order valence-electron chi connectivity index (χ0n) is 17.6. The van der Waals surface area contributed by atoms with E-state index < -0.39 is 0 Å². The van der Waals surface area contributed by atoms with E-state index in [1.54, 1.807) is 6.20 Å². The lowest BCUT2D eigenvalue weighted by molar-refractivity contribution is -0.129. The second kappa shape index (κ2) is 7.72. The van der Waals surface area contributed by atoms with Crippen LogP contribution in [0.5, 0.6) is 0 Å². The molecule has 0 bridgehead atoms. The van der Waals surface area contributed by atoms with Gasteiger partial charge in [-0.2, -0.15) is 10.2 Å². The summed E-state index contributed by atoms with van der Waals surface area (Å²) in [5.41, 5.74) is 3.42. The topological polar surface area (TPSA) is 59.2 Å². The van der Waals surface area contributed by atoms with Gasteiger partial charge in [0.1, 0.15) is 0 Å². The molecule has 3 aromatic rings. The van der Waals surface area contributed by atoms with Crippen molar-refractivity contribution >= 4 is 5.91 Å². The zero-order chi connectivity index (χ0) is 20.7. The van der Waals surface area contributed by atoms with Crippen molar-refractivity contribution in [2.45, 2.75) is 57.9 Å². The molecule has 2 atom stereocenters. The molecule has 0 saturated carbocycles. The number of amides is 1. The minimum atomic E-state index is 0.267. The largest absolute Gasteiger partial charge is 0.334 e. The Morgan fingerprint density at radius 3 is 2.60 bits per heavy atom. The molecule has 1 amide bonds. The molecule has 1 aromatic carbocycles. The second-order valence-electron chi connectivity index (χ2n) is 8.66. The number of aromatic nitrogens is 4. The first-order valence-corrected chi connectivity index (χ1v) is 10.7. The number of fused-ring (bicyclic) bond motifs is 1. The van der Waals surface area contributed by atoms with E-state index in [0.29, 0.717) is 31.1 Å². The first-order chi connectivity index (χ1) is 14.6. The molecule has 7 nitrogen and oxygen atoms in total. The van der Waals surface area contributed by atoms with Gasteiger partial charge < -0.3 is 4.90 Å². The number of hydrogen-bond donors (Lipinski definition) is 0. The first-order valence-electron chi connectivity index (χ1n) is 10.7. The van der Waals surface area contributed by atoms with E-state index in [1.165, 1.54) is 5.56 Å². The Kier molecular flexibility index (Phi) is 4.90. The van der Waals surface area contributed by atoms with Crippen molar-refractivity contribution in [3.05, 3.63) is 66.2 Å². The number of hydrogen-bond acceptors (Lipinski definition) is 4. The summed E-state index contributed by atoms with van der Waals surface area (Å²) in [5, 5.41) is 8.73. The average Bonchev–Trinajstić information content (AvgIpc) is 3.52. The fourth-order valence-corrected chi connectivity index (χ4v) is 4.76. The summed E-state index contributed by atoms with van der Waals surface area (Å²) in [6, 6.07) is 11.2. The van der Waals surface area contributed by atoms with Crippen molar-refractivity contribution in [3.63, 3.8) is 0 Å². The second-order valence-corrected chi connectivity index (χ2v) is 8.66. The van der Waals surface area contributed by atoms with Gasteiger partial charge in [0.15, 0.2) is 0 Å². The normalized spacial score (nSPS) is 21.7. The Labute approximate surface area is 176 Å². The lowest BCUT2D eigenvalue weighted by Crippen LogP contribution is -2.36. The third kappa shape index (κ3) is 3.54. The Bertz CT molecular complexity index is 1010. The summed E-state index contributed by atoms with van der Waals surface area (Å²) in [4.78, 5) is 17.4. The van der Waals surface area contributed by atoms with Crippen LogP contribution in [0, 0.1) is 0 Å². The average molecular weight is 405 g/mol. The molecular formula is C23H28N6O. The minimum absolute atomic E-state index is 0.267. The molecule has 0 radical (unpaired) electrons. The lowest BCUT2D eigenvalue weighted by Gasteiger charge is -2.25. The summed E-state index contributed by atoms with van der Waals surface area (Å²) < 4.78 is 3.85. The number of carbonyl (C=O) groups is 1. The maximum atomic E-state index is 12.8. The molecule has 2 saturated heterocycles. The highest BCUT2D eigenvalue weighted by Gasteiger charge is 2.46. The van der Waals surface area contributed by atoms with Crippen molar-refractivity contribution in [1.29, 1.82) is 0 Å². The molecule has 0 aliphatic carbocycles. The van der Waals surface area contributed by atoms with E-state index in [0.717, 1.165) is 30.8 Å². The van der Waals surface area contributed by atoms with Crippen LogP contribution in [-0.4, -0.2) is 53.9 Å². The van der Waals surface area contributed by atoms with Gasteiger partial charge in [-0.05, 0) is 44.0 Å². The van der Waals surface area contributed by atoms with Gasteiger partial charge in [-0.25, -0.2) is 4.68 Å². The summed E-state index contributed by atoms with van der Waals surface area (Å²) in [7, 11) is 0. The van der Waals surface area contributed by atoms with Gasteiger partial charge in [0, 0.05) is 68.3 Å². The van der Waals surface area contributed by atoms with Crippen molar-refractivity contribution in [1.82, 2.24) is 29.4 Å². The summed E-state index contributed by atoms with van der Waals surface area (Å²) >= 11 is 0. The van der Waals surface area contributed by atoms with Crippen molar-refractivity contribution in [2.24, 2.45) is 0 Å². The molecule has 0 unspecified atom stereocenters. The molecule has 7 heteroatoms. The van der Waals surface area contributed by atoms with Crippen LogP contribution in [0.25, 0.3) is 5.69 Å². The Balaban J connectivity index is 1.25. The van der Waals surface area contributed by atoms with E-state index in [1.807, 2.05) is 27.8 Å². The monoisotopic (exact) mass is 404 g/mol. The lowest BCUT2D eigenvalue weighted by atomic mass is 10.1. The maximum absolute atomic E-state index is 12.8. The Morgan fingerprint density at radius 1 is 1.07 bits per heavy atom. The SMILES string of the molecule is CC(C)n1cc(CN2CC[C@H]3[C@@H]2CC(=O)N3Cc2ccc(-n3cccn3)cc2)cn1. The van der Waals surface area contributed by atoms with Crippen LogP contribution >= 0.6 is 0 Å². The summed E-state index contributed by atoms with van der Waals surface area (Å²) in [5.74, 6) is 0.267. The van der Waals surface area contributed by atoms with Gasteiger partial charge >= 0.3 is 0 Å². The summed E-state index contributed by atoms with van der Waals surface area (Å²) in [6.45, 7) is 6.85. The third-order valence-electron chi connectivity index (χ3n) is 6.36. The van der Waals surface area contributed by atoms with Crippen LogP contribution in [0.3, 0.4) is 0 Å². The predicted octanol–water partition coefficient (Wildman–Crippen LogP) is 3.03. The number of benzene rings is 1. The zero-order valence-corrected chi connectivity index (χ0v) is 17.6. The molecule has 2 aliphatic rings. The fourth-order valence-electron chi connectivity index (χ4n) is 4.76. The third-order valence-corrected chi connectivity index (χ3v) is 6.36. The molecular weight excluding hydrogens is 376 g/mol. The maximum Gasteiger partial charge on any atom is 0.224 e. The van der Waals surface area contributed by atoms with Gasteiger partial charge in [0.25, 0.3) is 0 Å². The number of carbonyl (C=O) groups excluding carboxylic acids is 1. The number of nitrogens with zero attached hydrogens (tertiary/aromatic N) is 6. The fraction of sp³-hybridized carbons (Fsp3) is 0.435. The van der Waals surface area contributed by atoms with E-state index in [9.17, 15) is 4.79 Å². The molecule has 30 heavy (non-hydrogen) atoms. The standard InChI is InChI=1S/C23H28N6O/c1-17(2)29-16-19(13-25-29)14-26-11-8-21-22(26)12-23(30)27(21)15-18-4-6-20(7-5-18)28-10-3-9-24-28/h3-7,9-10,13,16-17,21-22H,8,11-12,14-15H2,1-2H3/t21-,22-/m0/s1. The van der Waals surface area contributed by atoms with Gasteiger partial charge in [-0.1, -0.05) is 12.1 Å². The van der Waals surface area contributed by atoms with Crippen LogP contribution in [0.15, 0.2) is 55.1 Å². The Morgan fingerprint density at radius 2 is 1.90 bits per heavy atom. The highest BCUT2D eigenvalue weighted by Crippen LogP contribution is 2.34. The van der Waals surface area contributed by atoms with E-state index in [4.69, 9.17) is 0 Å². The van der Waals surface area contributed by atoms with Gasteiger partial charge in [0.2, 0.25) is 5.91 Å². The van der Waals surface area contributed by atoms with E-state index in [2.05, 4.69) is 64.3 Å². The van der Waals surface area contributed by atoms with E-state index in [-0.39, 0.29) is 5.91 Å². The predicted molar refractivity (Wildman–Crippen MR) is 114 cm³/mol. The summed E-state index contributed by atoms with van der Waals surface area (Å²) in [6.07, 6.45) is 9.46. The smallest absolute Gasteiger partial charge is 0.224 e. The highest BCUT2D eigenvalue weighted by atomic mass is 16.2. The van der Waals surface area contributed by atoms with Gasteiger partial charge in [-0.3, -0.25) is 14.4 Å². The molecule has 0 spiro atoms. The minimum Gasteiger partial charge on any atom is -0.334 e. The van der Waals surface area contributed by atoms with Crippen molar-refractivity contribution < 1.29 is 4.79 Å². The van der Waals surface area contributed by atoms with E-state index >= 15 is 0 Å². The molecule has 2 aromatic heterocycles. The molecule has 156 valence electrons. The van der Waals surface area contributed by atoms with Crippen LogP contribution < -0.4 is 0 Å². The van der Waals surface area contributed by atoms with Crippen LogP contribution in [0.1, 0.15) is 43.9 Å². The number of rotatable bonds is 6. The van der Waals surface area contributed by atoms with Crippen LogP contribution in [0.4, 0.5) is 0 Å². The quantitative estimate of drug-likeness (QED) is 0.634. The van der Waals surface area contributed by atoms with Gasteiger partial charge in [-0.15, -0.1) is 0 Å². The van der Waals surface area contributed by atoms with Crippen molar-refractivity contribution in [3.8, 4) is 5.69 Å².